The monoisotopic (exact) mass is 166 g/mol. The summed E-state index contributed by atoms with van der Waals surface area (Å²) >= 11 is 0. The summed E-state index contributed by atoms with van der Waals surface area (Å²) in [6.07, 6.45) is 4.66. The van der Waals surface area contributed by atoms with Gasteiger partial charge in [-0.2, -0.15) is 0 Å². The zero-order valence-electron chi connectivity index (χ0n) is 6.47. The van der Waals surface area contributed by atoms with Gasteiger partial charge in [0.25, 0.3) is 0 Å². The Hall–Kier alpha value is -1.49. The van der Waals surface area contributed by atoms with E-state index in [0.717, 1.165) is 5.56 Å². The first-order valence-corrected chi connectivity index (χ1v) is 3.49. The molecular weight excluding hydrogens is 156 g/mol. The van der Waals surface area contributed by atoms with Crippen LogP contribution in [0.15, 0.2) is 18.7 Å². The second-order valence-corrected chi connectivity index (χ2v) is 2.45. The summed E-state index contributed by atoms with van der Waals surface area (Å²) in [4.78, 5) is 18.0. The summed E-state index contributed by atoms with van der Waals surface area (Å²) in [5.41, 5.74) is 11.3. The standard InChI is InChI=1S/C7H10N4O/c8-6(1-7(9)12)5-2-10-4-11-3-5/h2-4,6H,1,8H2,(H2,9,12)/t6-/m0/s1. The highest BCUT2D eigenvalue weighted by Crippen LogP contribution is 2.09. The van der Waals surface area contributed by atoms with Crippen molar-refractivity contribution < 1.29 is 4.79 Å². The van der Waals surface area contributed by atoms with Crippen LogP contribution < -0.4 is 11.5 Å². The van der Waals surface area contributed by atoms with Gasteiger partial charge in [-0.25, -0.2) is 9.97 Å². The third-order valence-corrected chi connectivity index (χ3v) is 1.43. The Morgan fingerprint density at radius 3 is 2.58 bits per heavy atom. The molecule has 0 aromatic carbocycles. The van der Waals surface area contributed by atoms with Crippen LogP contribution in [0, 0.1) is 0 Å². The molecule has 0 fully saturated rings. The number of primary amides is 1. The molecule has 0 saturated heterocycles. The number of amides is 1. The molecule has 1 heterocycles. The van der Waals surface area contributed by atoms with E-state index in [9.17, 15) is 4.79 Å². The summed E-state index contributed by atoms with van der Waals surface area (Å²) in [5, 5.41) is 0. The van der Waals surface area contributed by atoms with Gasteiger partial charge in [0.1, 0.15) is 6.33 Å². The van der Waals surface area contributed by atoms with E-state index < -0.39 is 11.9 Å². The highest BCUT2D eigenvalue weighted by Gasteiger charge is 2.08. The highest BCUT2D eigenvalue weighted by molar-refractivity contribution is 5.74. The molecule has 0 spiro atoms. The molecule has 1 rings (SSSR count). The molecule has 1 aromatic heterocycles. The number of nitrogens with two attached hydrogens (primary N) is 2. The Morgan fingerprint density at radius 2 is 2.08 bits per heavy atom. The first kappa shape index (κ1) is 8.61. The molecule has 0 aliphatic heterocycles. The molecule has 0 bridgehead atoms. The predicted octanol–water partition coefficient (Wildman–Crippen LogP) is -0.648. The number of carbonyl (C=O) groups excluding carboxylic acids is 1. The average molecular weight is 166 g/mol. The SMILES string of the molecule is NC(=O)C[C@H](N)c1cncnc1. The quantitative estimate of drug-likeness (QED) is 0.623. The molecule has 5 heteroatoms. The third-order valence-electron chi connectivity index (χ3n) is 1.43. The normalized spacial score (nSPS) is 12.4. The van der Waals surface area contributed by atoms with Crippen molar-refractivity contribution in [1.82, 2.24) is 9.97 Å². The van der Waals surface area contributed by atoms with Gasteiger partial charge >= 0.3 is 0 Å². The molecule has 4 N–H and O–H groups in total. The zero-order valence-corrected chi connectivity index (χ0v) is 6.47. The molecule has 0 unspecified atom stereocenters. The van der Waals surface area contributed by atoms with Crippen LogP contribution >= 0.6 is 0 Å². The second-order valence-electron chi connectivity index (χ2n) is 2.45. The fourth-order valence-corrected chi connectivity index (χ4v) is 0.837. The van der Waals surface area contributed by atoms with Gasteiger partial charge < -0.3 is 11.5 Å². The van der Waals surface area contributed by atoms with Gasteiger partial charge in [-0.3, -0.25) is 4.79 Å². The van der Waals surface area contributed by atoms with E-state index in [0.29, 0.717) is 0 Å². The van der Waals surface area contributed by atoms with E-state index in [1.165, 1.54) is 6.33 Å². The van der Waals surface area contributed by atoms with Gasteiger partial charge in [0, 0.05) is 30.4 Å². The first-order valence-electron chi connectivity index (χ1n) is 3.49. The molecule has 12 heavy (non-hydrogen) atoms. The van der Waals surface area contributed by atoms with Crippen molar-refractivity contribution in [1.29, 1.82) is 0 Å². The van der Waals surface area contributed by atoms with Gasteiger partial charge in [0.05, 0.1) is 0 Å². The van der Waals surface area contributed by atoms with E-state index in [4.69, 9.17) is 11.5 Å². The van der Waals surface area contributed by atoms with Crippen LogP contribution in [0.1, 0.15) is 18.0 Å². The lowest BCUT2D eigenvalue weighted by Gasteiger charge is -2.07. The Labute approximate surface area is 69.8 Å². The molecular formula is C7H10N4O. The van der Waals surface area contributed by atoms with Gasteiger partial charge in [0.15, 0.2) is 0 Å². The number of nitrogens with zero attached hydrogens (tertiary/aromatic N) is 2. The van der Waals surface area contributed by atoms with Crippen molar-refractivity contribution in [3.63, 3.8) is 0 Å². The van der Waals surface area contributed by atoms with Gasteiger partial charge in [-0.1, -0.05) is 0 Å². The van der Waals surface area contributed by atoms with E-state index in [1.54, 1.807) is 12.4 Å². The van der Waals surface area contributed by atoms with Crippen LogP contribution in [0.3, 0.4) is 0 Å². The van der Waals surface area contributed by atoms with Crippen LogP contribution in [0.5, 0.6) is 0 Å². The molecule has 0 radical (unpaired) electrons. The van der Waals surface area contributed by atoms with Crippen LogP contribution in [0.2, 0.25) is 0 Å². The molecule has 1 atom stereocenters. The first-order chi connectivity index (χ1) is 5.70. The maximum absolute atomic E-state index is 10.5. The van der Waals surface area contributed by atoms with Gasteiger partial charge in [-0.05, 0) is 0 Å². The van der Waals surface area contributed by atoms with Crippen LogP contribution in [0.25, 0.3) is 0 Å². The van der Waals surface area contributed by atoms with Gasteiger partial charge in [0.2, 0.25) is 5.91 Å². The van der Waals surface area contributed by atoms with Crippen molar-refractivity contribution in [2.24, 2.45) is 11.5 Å². The van der Waals surface area contributed by atoms with Crippen molar-refractivity contribution in [2.45, 2.75) is 12.5 Å². The third kappa shape index (κ3) is 2.28. The maximum Gasteiger partial charge on any atom is 0.219 e. The molecule has 1 amide bonds. The summed E-state index contributed by atoms with van der Waals surface area (Å²) in [7, 11) is 0. The van der Waals surface area contributed by atoms with Crippen LogP contribution in [-0.4, -0.2) is 15.9 Å². The lowest BCUT2D eigenvalue weighted by Crippen LogP contribution is -2.20. The predicted molar refractivity (Wildman–Crippen MR) is 42.8 cm³/mol. The molecule has 5 nitrogen and oxygen atoms in total. The summed E-state index contributed by atoms with van der Waals surface area (Å²) in [6, 6.07) is -0.399. The number of hydrogen-bond acceptors (Lipinski definition) is 4. The number of hydrogen-bond donors (Lipinski definition) is 2. The minimum absolute atomic E-state index is 0.118. The lowest BCUT2D eigenvalue weighted by molar-refractivity contribution is -0.118. The minimum Gasteiger partial charge on any atom is -0.370 e. The largest absolute Gasteiger partial charge is 0.370 e. The summed E-state index contributed by atoms with van der Waals surface area (Å²) in [6.45, 7) is 0. The van der Waals surface area contributed by atoms with E-state index in [1.807, 2.05) is 0 Å². The molecule has 0 aliphatic rings. The lowest BCUT2D eigenvalue weighted by atomic mass is 10.1. The smallest absolute Gasteiger partial charge is 0.219 e. The molecule has 0 saturated carbocycles. The van der Waals surface area contributed by atoms with Crippen molar-refractivity contribution in [3.05, 3.63) is 24.3 Å². The van der Waals surface area contributed by atoms with Crippen LogP contribution in [-0.2, 0) is 4.79 Å². The summed E-state index contributed by atoms with van der Waals surface area (Å²) < 4.78 is 0. The molecule has 64 valence electrons. The second kappa shape index (κ2) is 3.77. The number of carbonyl (C=O) groups is 1. The molecule has 1 aromatic rings. The number of rotatable bonds is 3. The zero-order chi connectivity index (χ0) is 8.97. The maximum atomic E-state index is 10.5. The van der Waals surface area contributed by atoms with Crippen molar-refractivity contribution in [2.75, 3.05) is 0 Å². The Balaban J connectivity index is 2.65. The fourth-order valence-electron chi connectivity index (χ4n) is 0.837. The van der Waals surface area contributed by atoms with Crippen molar-refractivity contribution in [3.8, 4) is 0 Å². The summed E-state index contributed by atoms with van der Waals surface area (Å²) in [5.74, 6) is -0.425. The van der Waals surface area contributed by atoms with E-state index in [-0.39, 0.29) is 6.42 Å². The Bertz CT molecular complexity index is 261. The Kier molecular flexibility index (Phi) is 2.71. The Morgan fingerprint density at radius 1 is 1.50 bits per heavy atom. The fraction of sp³-hybridized carbons (Fsp3) is 0.286. The van der Waals surface area contributed by atoms with E-state index in [2.05, 4.69) is 9.97 Å². The molecule has 0 aliphatic carbocycles. The minimum atomic E-state index is -0.425. The van der Waals surface area contributed by atoms with Crippen LogP contribution in [0.4, 0.5) is 0 Å². The van der Waals surface area contributed by atoms with E-state index >= 15 is 0 Å². The van der Waals surface area contributed by atoms with Gasteiger partial charge in [-0.15, -0.1) is 0 Å². The van der Waals surface area contributed by atoms with Crippen molar-refractivity contribution >= 4 is 5.91 Å². The highest BCUT2D eigenvalue weighted by atomic mass is 16.1. The average Bonchev–Trinajstić information content (AvgIpc) is 2.05. The number of aromatic nitrogens is 2. The topological polar surface area (TPSA) is 94.9 Å².